The van der Waals surface area contributed by atoms with Crippen molar-refractivity contribution < 1.29 is 9.21 Å². The summed E-state index contributed by atoms with van der Waals surface area (Å²) in [6.07, 6.45) is 3.65. The topological polar surface area (TPSA) is 49.2 Å². The van der Waals surface area contributed by atoms with Gasteiger partial charge in [-0.25, -0.2) is 0 Å². The summed E-state index contributed by atoms with van der Waals surface area (Å²) in [6.45, 7) is 4.93. The number of likely N-dealkylation sites (tertiary alicyclic amines) is 1. The lowest BCUT2D eigenvalue weighted by Crippen LogP contribution is -2.30. The third kappa shape index (κ3) is 2.25. The third-order valence-corrected chi connectivity index (χ3v) is 4.94. The number of aryl methyl sites for hydroxylation is 2. The van der Waals surface area contributed by atoms with Crippen LogP contribution in [-0.4, -0.2) is 22.3 Å². The van der Waals surface area contributed by atoms with Crippen LogP contribution in [0.5, 0.6) is 0 Å². The maximum Gasteiger partial charge on any atom is 0.254 e. The largest absolute Gasteiger partial charge is 0.467 e. The van der Waals surface area contributed by atoms with Gasteiger partial charge < -0.3 is 14.3 Å². The van der Waals surface area contributed by atoms with Crippen molar-refractivity contribution in [2.75, 3.05) is 6.54 Å². The van der Waals surface area contributed by atoms with Crippen LogP contribution in [0.1, 0.15) is 46.3 Å². The van der Waals surface area contributed by atoms with Gasteiger partial charge in [-0.1, -0.05) is 0 Å². The smallest absolute Gasteiger partial charge is 0.254 e. The summed E-state index contributed by atoms with van der Waals surface area (Å²) in [6, 6.07) is 9.82. The molecule has 0 saturated carbocycles. The van der Waals surface area contributed by atoms with E-state index in [1.807, 2.05) is 35.2 Å². The lowest BCUT2D eigenvalue weighted by atomic mass is 10.1. The van der Waals surface area contributed by atoms with Gasteiger partial charge in [-0.15, -0.1) is 0 Å². The van der Waals surface area contributed by atoms with E-state index in [2.05, 4.69) is 18.8 Å². The van der Waals surface area contributed by atoms with Gasteiger partial charge in [0.1, 0.15) is 5.76 Å². The highest BCUT2D eigenvalue weighted by atomic mass is 16.3. The van der Waals surface area contributed by atoms with Crippen molar-refractivity contribution in [3.63, 3.8) is 0 Å². The third-order valence-electron chi connectivity index (χ3n) is 4.94. The number of hydrogen-bond acceptors (Lipinski definition) is 2. The number of nitrogens with zero attached hydrogens (tertiary/aromatic N) is 1. The molecule has 1 saturated heterocycles. The van der Waals surface area contributed by atoms with E-state index in [0.29, 0.717) is 0 Å². The van der Waals surface area contributed by atoms with Crippen molar-refractivity contribution >= 4 is 16.8 Å². The van der Waals surface area contributed by atoms with E-state index in [1.54, 1.807) is 6.26 Å². The van der Waals surface area contributed by atoms with Gasteiger partial charge in [0.05, 0.1) is 12.3 Å². The number of amides is 1. The van der Waals surface area contributed by atoms with Crippen LogP contribution in [0.15, 0.2) is 41.0 Å². The van der Waals surface area contributed by atoms with E-state index in [4.69, 9.17) is 4.42 Å². The summed E-state index contributed by atoms with van der Waals surface area (Å²) in [4.78, 5) is 18.3. The summed E-state index contributed by atoms with van der Waals surface area (Å²) in [5.41, 5.74) is 4.19. The lowest BCUT2D eigenvalue weighted by Gasteiger charge is -2.23. The Morgan fingerprint density at radius 3 is 2.96 bits per heavy atom. The number of aromatic nitrogens is 1. The minimum absolute atomic E-state index is 0.0576. The van der Waals surface area contributed by atoms with Gasteiger partial charge in [0.15, 0.2) is 0 Å². The normalized spacial score (nSPS) is 18.0. The lowest BCUT2D eigenvalue weighted by molar-refractivity contribution is 0.0720. The van der Waals surface area contributed by atoms with Crippen molar-refractivity contribution in [1.82, 2.24) is 9.88 Å². The van der Waals surface area contributed by atoms with Crippen LogP contribution in [0, 0.1) is 13.8 Å². The van der Waals surface area contributed by atoms with Crippen LogP contribution in [0.25, 0.3) is 10.9 Å². The number of nitrogens with one attached hydrogen (secondary N) is 1. The molecule has 4 nitrogen and oxygen atoms in total. The van der Waals surface area contributed by atoms with Crippen LogP contribution >= 0.6 is 0 Å². The van der Waals surface area contributed by atoms with Crippen LogP contribution in [0.2, 0.25) is 0 Å². The number of benzene rings is 1. The van der Waals surface area contributed by atoms with Gasteiger partial charge in [-0.2, -0.15) is 0 Å². The molecule has 4 rings (SSSR count). The second-order valence-electron chi connectivity index (χ2n) is 6.31. The molecule has 0 aliphatic carbocycles. The van der Waals surface area contributed by atoms with Crippen molar-refractivity contribution in [1.29, 1.82) is 0 Å². The molecule has 1 atom stereocenters. The Morgan fingerprint density at radius 1 is 1.30 bits per heavy atom. The summed E-state index contributed by atoms with van der Waals surface area (Å²) in [5.74, 6) is 0.967. The second kappa shape index (κ2) is 5.30. The maximum atomic E-state index is 13.0. The zero-order chi connectivity index (χ0) is 16.0. The first-order valence-corrected chi connectivity index (χ1v) is 8.08. The molecule has 1 unspecified atom stereocenters. The number of furan rings is 1. The van der Waals surface area contributed by atoms with E-state index >= 15 is 0 Å². The monoisotopic (exact) mass is 308 g/mol. The van der Waals surface area contributed by atoms with Gasteiger partial charge in [-0.05, 0) is 62.6 Å². The fraction of sp³-hybridized carbons (Fsp3) is 0.316. The highest BCUT2D eigenvalue weighted by molar-refractivity contribution is 5.99. The van der Waals surface area contributed by atoms with Crippen molar-refractivity contribution in [2.45, 2.75) is 32.7 Å². The average Bonchev–Trinajstić information content (AvgIpc) is 3.27. The first-order chi connectivity index (χ1) is 11.1. The number of rotatable bonds is 2. The number of carbonyl (C=O) groups is 1. The standard InChI is InChI=1S/C19H20N2O2/c1-12-13(2)20-16-8-7-14(11-15(12)16)19(22)21-9-3-5-17(21)18-6-4-10-23-18/h4,6-8,10-11,17,20H,3,5,9H2,1-2H3. The average molecular weight is 308 g/mol. The van der Waals surface area contributed by atoms with Crippen molar-refractivity contribution in [2.24, 2.45) is 0 Å². The van der Waals surface area contributed by atoms with E-state index in [1.165, 1.54) is 5.56 Å². The van der Waals surface area contributed by atoms with Crippen LogP contribution in [0.4, 0.5) is 0 Å². The minimum atomic E-state index is 0.0576. The molecule has 0 bridgehead atoms. The molecule has 4 heteroatoms. The summed E-state index contributed by atoms with van der Waals surface area (Å²) < 4.78 is 5.53. The Labute approximate surface area is 135 Å². The fourth-order valence-electron chi connectivity index (χ4n) is 3.55. The highest BCUT2D eigenvalue weighted by Gasteiger charge is 2.32. The molecule has 3 aromatic rings. The zero-order valence-corrected chi connectivity index (χ0v) is 13.4. The maximum absolute atomic E-state index is 13.0. The molecule has 1 amide bonds. The summed E-state index contributed by atoms with van der Waals surface area (Å²) in [7, 11) is 0. The van der Waals surface area contributed by atoms with E-state index < -0.39 is 0 Å². The molecule has 1 N–H and O–H groups in total. The van der Waals surface area contributed by atoms with Gasteiger partial charge in [0, 0.05) is 28.7 Å². The van der Waals surface area contributed by atoms with E-state index in [-0.39, 0.29) is 11.9 Å². The van der Waals surface area contributed by atoms with Crippen LogP contribution < -0.4 is 0 Å². The molecule has 1 aliphatic heterocycles. The fourth-order valence-corrected chi connectivity index (χ4v) is 3.55. The SMILES string of the molecule is Cc1[nH]c2ccc(C(=O)N3CCCC3c3ccco3)cc2c1C. The van der Waals surface area contributed by atoms with Gasteiger partial charge >= 0.3 is 0 Å². The molecule has 0 radical (unpaired) electrons. The second-order valence-corrected chi connectivity index (χ2v) is 6.31. The van der Waals surface area contributed by atoms with Gasteiger partial charge in [-0.3, -0.25) is 4.79 Å². The number of hydrogen-bond donors (Lipinski definition) is 1. The predicted octanol–water partition coefficient (Wildman–Crippen LogP) is 4.36. The summed E-state index contributed by atoms with van der Waals surface area (Å²) in [5, 5.41) is 1.13. The van der Waals surface area contributed by atoms with Gasteiger partial charge in [0.25, 0.3) is 5.91 Å². The Bertz CT molecular complexity index is 861. The Hall–Kier alpha value is -2.49. The summed E-state index contributed by atoms with van der Waals surface area (Å²) >= 11 is 0. The molecule has 2 aromatic heterocycles. The molecule has 118 valence electrons. The molecule has 0 spiro atoms. The number of carbonyl (C=O) groups excluding carboxylic acids is 1. The first-order valence-electron chi connectivity index (χ1n) is 8.08. The highest BCUT2D eigenvalue weighted by Crippen LogP contribution is 2.34. The predicted molar refractivity (Wildman–Crippen MR) is 89.5 cm³/mol. The Morgan fingerprint density at radius 2 is 2.17 bits per heavy atom. The zero-order valence-electron chi connectivity index (χ0n) is 13.4. The molecule has 23 heavy (non-hydrogen) atoms. The number of fused-ring (bicyclic) bond motifs is 1. The molecule has 3 heterocycles. The molecule has 1 aliphatic rings. The Kier molecular flexibility index (Phi) is 3.26. The number of H-pyrrole nitrogens is 1. The molecule has 1 aromatic carbocycles. The molecule has 1 fully saturated rings. The molecular weight excluding hydrogens is 288 g/mol. The van der Waals surface area contributed by atoms with Crippen LogP contribution in [0.3, 0.4) is 0 Å². The van der Waals surface area contributed by atoms with Crippen molar-refractivity contribution in [3.05, 3.63) is 59.2 Å². The van der Waals surface area contributed by atoms with Crippen molar-refractivity contribution in [3.8, 4) is 0 Å². The minimum Gasteiger partial charge on any atom is -0.467 e. The first kappa shape index (κ1) is 14.1. The van der Waals surface area contributed by atoms with E-state index in [0.717, 1.165) is 47.3 Å². The molecular formula is C19H20N2O2. The van der Waals surface area contributed by atoms with E-state index in [9.17, 15) is 4.79 Å². The quantitative estimate of drug-likeness (QED) is 0.765. The number of aromatic amines is 1. The van der Waals surface area contributed by atoms with Crippen LogP contribution in [-0.2, 0) is 0 Å². The Balaban J connectivity index is 1.69. The van der Waals surface area contributed by atoms with Gasteiger partial charge in [0.2, 0.25) is 0 Å².